The van der Waals surface area contributed by atoms with Crippen molar-refractivity contribution < 1.29 is 32.2 Å². The molecule has 2 unspecified atom stereocenters. The number of carbonyl (C=O) groups is 2. The monoisotopic (exact) mass is 808 g/mol. The van der Waals surface area contributed by atoms with Gasteiger partial charge in [-0.2, -0.15) is 13.2 Å². The molecule has 284 valence electrons. The van der Waals surface area contributed by atoms with Crippen molar-refractivity contribution in [2.75, 3.05) is 17.3 Å². The van der Waals surface area contributed by atoms with E-state index in [4.69, 9.17) is 9.47 Å². The molecule has 2 spiro atoms. The Morgan fingerprint density at radius 1 is 0.745 bits per heavy atom. The van der Waals surface area contributed by atoms with E-state index in [1.165, 1.54) is 23.3 Å². The van der Waals surface area contributed by atoms with Crippen LogP contribution >= 0.6 is 0 Å². The Labute approximate surface area is 322 Å². The van der Waals surface area contributed by atoms with Crippen LogP contribution in [-0.4, -0.2) is 41.0 Å². The van der Waals surface area contributed by atoms with Crippen LogP contribution in [0.25, 0.3) is 12.2 Å². The predicted molar refractivity (Wildman–Crippen MR) is 214 cm³/mol. The molecule has 4 aromatic carbocycles. The molecule has 4 aliphatic heterocycles. The summed E-state index contributed by atoms with van der Waals surface area (Å²) in [7, 11) is 1.82. The van der Waals surface area contributed by atoms with Crippen molar-refractivity contribution >= 4 is 46.0 Å². The Balaban J connectivity index is 1.07. The molecule has 6 nitrogen and oxygen atoms in total. The van der Waals surface area contributed by atoms with Crippen LogP contribution in [0.1, 0.15) is 95.6 Å². The number of nitrogens with one attached hydrogen (secondary N) is 1. The first-order chi connectivity index (χ1) is 25.8. The second kappa shape index (κ2) is 12.1. The summed E-state index contributed by atoms with van der Waals surface area (Å²) in [6, 6.07) is 20.9. The van der Waals surface area contributed by atoms with Gasteiger partial charge in [0.2, 0.25) is 0 Å². The first-order valence-corrected chi connectivity index (χ1v) is 23.9. The van der Waals surface area contributed by atoms with Crippen LogP contribution in [0.3, 0.4) is 0 Å². The van der Waals surface area contributed by atoms with Crippen molar-refractivity contribution in [3.8, 4) is 11.5 Å². The number of likely N-dealkylation sites (N-methyl/N-ethyl adjacent to an activating group) is 1. The zero-order valence-electron chi connectivity index (χ0n) is 32.4. The number of benzene rings is 4. The van der Waals surface area contributed by atoms with Gasteiger partial charge in [0, 0.05) is 0 Å². The fourth-order valence-corrected chi connectivity index (χ4v) is 16.4. The number of ether oxygens (including phenoxy) is 2. The van der Waals surface area contributed by atoms with Crippen LogP contribution in [0.4, 0.5) is 24.5 Å². The molecule has 8 rings (SSSR count). The molecule has 4 aliphatic rings. The average molecular weight is 807 g/mol. The molecule has 0 fully saturated rings. The van der Waals surface area contributed by atoms with E-state index in [0.717, 1.165) is 17.3 Å². The van der Waals surface area contributed by atoms with Gasteiger partial charge in [-0.3, -0.25) is 0 Å². The van der Waals surface area contributed by atoms with Gasteiger partial charge in [0.15, 0.2) is 0 Å². The molecular weight excluding hydrogens is 762 g/mol. The van der Waals surface area contributed by atoms with Gasteiger partial charge in [-0.15, -0.1) is 0 Å². The Morgan fingerprint density at radius 3 is 1.95 bits per heavy atom. The quantitative estimate of drug-likeness (QED) is 0.196. The van der Waals surface area contributed by atoms with E-state index < -0.39 is 41.9 Å². The number of carbonyl (C=O) groups excluding carboxylic acids is 2. The maximum atomic E-state index is 14.6. The molecular formula is C45H45F3GeN2O4. The van der Waals surface area contributed by atoms with Crippen molar-refractivity contribution in [2.24, 2.45) is 0 Å². The number of hydrogen-bond acceptors (Lipinski definition) is 6. The molecule has 0 bridgehead atoms. The van der Waals surface area contributed by atoms with Gasteiger partial charge in [0.05, 0.1) is 0 Å². The third-order valence-electron chi connectivity index (χ3n) is 13.0. The molecule has 0 saturated carbocycles. The zero-order valence-corrected chi connectivity index (χ0v) is 34.5. The fraction of sp³-hybridized carbons (Fsp3) is 0.333. The maximum absolute atomic E-state index is 14.6. The summed E-state index contributed by atoms with van der Waals surface area (Å²) in [4.78, 5) is 31.1. The normalized spacial score (nSPS) is 22.3. The van der Waals surface area contributed by atoms with Gasteiger partial charge in [-0.25, -0.2) is 0 Å². The molecule has 0 radical (unpaired) electrons. The van der Waals surface area contributed by atoms with Crippen molar-refractivity contribution in [1.29, 1.82) is 0 Å². The summed E-state index contributed by atoms with van der Waals surface area (Å²) in [5.41, 5.74) is 3.21. The standard InChI is InChI=1S/C45H45F3GeN2O4/c1-9-49(10-2,39(52)30-12-17-37-28(24-30)19-21-43(54-37)41(4,5)33-23-27(3)11-15-35(33)50-43)40(53)31-13-18-38-29(25-31)20-22-44(55-38)42(6,7)34-26-32(45(46,47)48)14-16-36(34)51(44)8/h11-26,50H,9-10H2,1-8H3. The second-order valence-corrected chi connectivity index (χ2v) is 25.9. The molecule has 0 amide bonds. The zero-order chi connectivity index (χ0) is 39.5. The number of halogens is 3. The second-order valence-electron chi connectivity index (χ2n) is 16.5. The molecule has 2 atom stereocenters. The number of nitrogens with zero attached hydrogens (tertiary/aromatic N) is 1. The van der Waals surface area contributed by atoms with E-state index in [1.807, 2.05) is 76.1 Å². The van der Waals surface area contributed by atoms with E-state index >= 15 is 0 Å². The van der Waals surface area contributed by atoms with Crippen molar-refractivity contribution in [1.82, 2.24) is 0 Å². The van der Waals surface area contributed by atoms with Gasteiger partial charge in [0.25, 0.3) is 0 Å². The minimum absolute atomic E-state index is 0.0672. The van der Waals surface area contributed by atoms with Crippen molar-refractivity contribution in [2.45, 2.75) is 87.4 Å². The van der Waals surface area contributed by atoms with Crippen molar-refractivity contribution in [3.63, 3.8) is 0 Å². The topological polar surface area (TPSA) is 67.9 Å². The number of hydrogen-bond donors (Lipinski definition) is 1. The Kier molecular flexibility index (Phi) is 8.19. The third-order valence-corrected chi connectivity index (χ3v) is 22.9. The minimum atomic E-state index is -4.47. The van der Waals surface area contributed by atoms with Crippen LogP contribution in [-0.2, 0) is 17.0 Å². The average Bonchev–Trinajstić information content (AvgIpc) is 3.46. The van der Waals surface area contributed by atoms with Crippen LogP contribution in [0, 0.1) is 6.92 Å². The first-order valence-electron chi connectivity index (χ1n) is 18.8. The molecule has 10 heteroatoms. The third kappa shape index (κ3) is 5.14. The summed E-state index contributed by atoms with van der Waals surface area (Å²) in [5, 5.41) is 4.58. The van der Waals surface area contributed by atoms with Gasteiger partial charge in [-0.05, 0) is 0 Å². The van der Waals surface area contributed by atoms with Gasteiger partial charge in [-0.1, -0.05) is 0 Å². The van der Waals surface area contributed by atoms with Crippen LogP contribution in [0.5, 0.6) is 11.5 Å². The Morgan fingerprint density at radius 2 is 1.35 bits per heavy atom. The van der Waals surface area contributed by atoms with Gasteiger partial charge in [0.1, 0.15) is 0 Å². The first kappa shape index (κ1) is 37.2. The van der Waals surface area contributed by atoms with E-state index in [1.54, 1.807) is 24.3 Å². The van der Waals surface area contributed by atoms with Crippen LogP contribution in [0.2, 0.25) is 10.5 Å². The molecule has 0 aromatic heterocycles. The summed E-state index contributed by atoms with van der Waals surface area (Å²) >= 11 is -3.96. The predicted octanol–water partition coefficient (Wildman–Crippen LogP) is 10.7. The summed E-state index contributed by atoms with van der Waals surface area (Å²) in [6.45, 7) is 14.1. The number of alkyl halides is 3. The van der Waals surface area contributed by atoms with E-state index in [0.29, 0.717) is 49.9 Å². The molecule has 1 N–H and O–H groups in total. The molecule has 0 saturated heterocycles. The van der Waals surface area contributed by atoms with Crippen LogP contribution in [0.15, 0.2) is 84.9 Å². The number of rotatable bonds is 6. The van der Waals surface area contributed by atoms with E-state index in [-0.39, 0.29) is 14.6 Å². The van der Waals surface area contributed by atoms with Crippen molar-refractivity contribution in [3.05, 3.63) is 129 Å². The fourth-order valence-electron chi connectivity index (χ4n) is 9.25. The number of aryl methyl sites for hydroxylation is 1. The summed E-state index contributed by atoms with van der Waals surface area (Å²) < 4.78 is 54.4. The molecule has 4 aromatic rings. The van der Waals surface area contributed by atoms with Gasteiger partial charge >= 0.3 is 311 Å². The van der Waals surface area contributed by atoms with E-state index in [2.05, 4.69) is 44.3 Å². The Bertz CT molecular complexity index is 2380. The summed E-state index contributed by atoms with van der Waals surface area (Å²) in [5.74, 6) is 1.18. The summed E-state index contributed by atoms with van der Waals surface area (Å²) in [6.07, 6.45) is 3.32. The van der Waals surface area contributed by atoms with Gasteiger partial charge < -0.3 is 0 Å². The molecule has 0 aliphatic carbocycles. The Hall–Kier alpha value is -4.77. The molecule has 4 heterocycles. The molecule has 55 heavy (non-hydrogen) atoms. The number of fused-ring (bicyclic) bond motifs is 4. The van der Waals surface area contributed by atoms with E-state index in [9.17, 15) is 22.8 Å². The van der Waals surface area contributed by atoms with Crippen LogP contribution < -0.4 is 19.7 Å². The SMILES string of the molecule is C[CH2][Ge]([CH2]C)([C](=O)c1ccc2c(c1)C=CC1(Nc3ccc(C)cc3C1(C)C)O2)[C](=O)c1ccc2c(c1)C=CC1(O2)N(C)c2ccc(C(F)(F)F)cc2C1(C)C. The number of anilines is 2.